The highest BCUT2D eigenvalue weighted by Crippen LogP contribution is 2.44. The number of hydrogen-bond acceptors (Lipinski definition) is 3. The minimum atomic E-state index is 0.285. The van der Waals surface area contributed by atoms with Crippen LogP contribution in [0.4, 0.5) is 0 Å². The summed E-state index contributed by atoms with van der Waals surface area (Å²) >= 11 is 0. The Balaban J connectivity index is 1.80. The van der Waals surface area contributed by atoms with Crippen LogP contribution in [0.5, 0.6) is 0 Å². The molecule has 1 N–H and O–H groups in total. The van der Waals surface area contributed by atoms with Gasteiger partial charge in [-0.05, 0) is 37.1 Å². The molecule has 0 fully saturated rings. The first-order valence-electron chi connectivity index (χ1n) is 7.54. The second-order valence-electron chi connectivity index (χ2n) is 6.67. The van der Waals surface area contributed by atoms with E-state index in [9.17, 15) is 0 Å². The van der Waals surface area contributed by atoms with E-state index >= 15 is 0 Å². The largest absolute Gasteiger partial charge is 0.379 e. The summed E-state index contributed by atoms with van der Waals surface area (Å²) in [4.78, 5) is 2.14. The maximum Gasteiger partial charge on any atom is 0.0593 e. The molecule has 112 valence electrons. The molecule has 0 aliphatic heterocycles. The van der Waals surface area contributed by atoms with E-state index in [1.165, 1.54) is 11.1 Å². The zero-order chi connectivity index (χ0) is 14.6. The summed E-state index contributed by atoms with van der Waals surface area (Å²) in [5.41, 5.74) is 3.24. The Morgan fingerprint density at radius 3 is 2.75 bits per heavy atom. The fourth-order valence-corrected chi connectivity index (χ4v) is 3.00. The third-order valence-corrected chi connectivity index (χ3v) is 4.07. The lowest BCUT2D eigenvalue weighted by Gasteiger charge is -2.28. The van der Waals surface area contributed by atoms with E-state index in [4.69, 9.17) is 4.74 Å². The van der Waals surface area contributed by atoms with Crippen molar-refractivity contribution in [2.75, 3.05) is 40.4 Å². The third kappa shape index (κ3) is 3.81. The molecular formula is C17H28N2O. The molecule has 0 bridgehead atoms. The Kier molecular flexibility index (Phi) is 5.19. The number of rotatable bonds is 7. The highest BCUT2D eigenvalue weighted by Gasteiger charge is 2.37. The number of ether oxygens (including phenoxy) is 1. The quantitative estimate of drug-likeness (QED) is 0.774. The zero-order valence-electron chi connectivity index (χ0n) is 13.3. The van der Waals surface area contributed by atoms with Crippen molar-refractivity contribution in [2.45, 2.75) is 26.3 Å². The summed E-state index contributed by atoms with van der Waals surface area (Å²) in [5.74, 6) is 0. The van der Waals surface area contributed by atoms with E-state index in [-0.39, 0.29) is 5.41 Å². The van der Waals surface area contributed by atoms with Crippen LogP contribution in [0.15, 0.2) is 24.3 Å². The monoisotopic (exact) mass is 276 g/mol. The summed E-state index contributed by atoms with van der Waals surface area (Å²) in [7, 11) is 4.14. The van der Waals surface area contributed by atoms with Crippen molar-refractivity contribution in [3.05, 3.63) is 35.4 Å². The Morgan fingerprint density at radius 2 is 2.00 bits per heavy atom. The third-order valence-electron chi connectivity index (χ3n) is 4.07. The Morgan fingerprint density at radius 1 is 1.25 bits per heavy atom. The second-order valence-corrected chi connectivity index (χ2v) is 6.67. The second kappa shape index (κ2) is 6.70. The number of hydrogen-bond donors (Lipinski definition) is 1. The molecule has 1 aliphatic carbocycles. The predicted octanol–water partition coefficient (Wildman–Crippen LogP) is 2.48. The predicted molar refractivity (Wildman–Crippen MR) is 84.0 cm³/mol. The Labute approximate surface area is 123 Å². The molecule has 2 rings (SSSR count). The molecule has 0 amide bonds. The Bertz CT molecular complexity index is 429. The minimum Gasteiger partial charge on any atom is -0.379 e. The normalized spacial score (nSPS) is 20.4. The first kappa shape index (κ1) is 15.5. The van der Waals surface area contributed by atoms with Gasteiger partial charge in [0.05, 0.1) is 13.2 Å². The van der Waals surface area contributed by atoms with Gasteiger partial charge in [0.1, 0.15) is 0 Å². The molecule has 1 unspecified atom stereocenters. The molecule has 3 heteroatoms. The van der Waals surface area contributed by atoms with Crippen LogP contribution in [-0.2, 0) is 11.2 Å². The number of likely N-dealkylation sites (N-methyl/N-ethyl adjacent to an activating group) is 1. The first-order chi connectivity index (χ1) is 9.50. The summed E-state index contributed by atoms with van der Waals surface area (Å²) in [6, 6.07) is 9.24. The minimum absolute atomic E-state index is 0.285. The van der Waals surface area contributed by atoms with Crippen molar-refractivity contribution in [3.63, 3.8) is 0 Å². The van der Waals surface area contributed by atoms with Gasteiger partial charge in [-0.1, -0.05) is 38.1 Å². The smallest absolute Gasteiger partial charge is 0.0593 e. The summed E-state index contributed by atoms with van der Waals surface area (Å²) in [6.07, 6.45) is 1.16. The van der Waals surface area contributed by atoms with Crippen LogP contribution in [0.3, 0.4) is 0 Å². The van der Waals surface area contributed by atoms with Crippen molar-refractivity contribution in [1.29, 1.82) is 0 Å². The lowest BCUT2D eigenvalue weighted by Crippen LogP contribution is -2.33. The van der Waals surface area contributed by atoms with Crippen molar-refractivity contribution in [1.82, 2.24) is 10.2 Å². The van der Waals surface area contributed by atoms with Gasteiger partial charge in [-0.2, -0.15) is 0 Å². The van der Waals surface area contributed by atoms with Gasteiger partial charge < -0.3 is 15.0 Å². The number of nitrogens with zero attached hydrogens (tertiary/aromatic N) is 1. The van der Waals surface area contributed by atoms with E-state index < -0.39 is 0 Å². The molecule has 20 heavy (non-hydrogen) atoms. The molecule has 0 heterocycles. The molecule has 1 aromatic carbocycles. The first-order valence-corrected chi connectivity index (χ1v) is 7.54. The highest BCUT2D eigenvalue weighted by atomic mass is 16.5. The Hall–Kier alpha value is -0.900. The lowest BCUT2D eigenvalue weighted by atomic mass is 9.85. The van der Waals surface area contributed by atoms with Crippen LogP contribution in [0.25, 0.3) is 0 Å². The molecule has 0 saturated heterocycles. The zero-order valence-corrected chi connectivity index (χ0v) is 13.3. The van der Waals surface area contributed by atoms with Crippen molar-refractivity contribution >= 4 is 0 Å². The number of fused-ring (bicyclic) bond motifs is 1. The maximum atomic E-state index is 5.66. The van der Waals surface area contributed by atoms with Gasteiger partial charge in [-0.3, -0.25) is 0 Å². The maximum absolute atomic E-state index is 5.66. The summed E-state index contributed by atoms with van der Waals surface area (Å²) < 4.78 is 5.66. The molecule has 1 atom stereocenters. The van der Waals surface area contributed by atoms with Crippen molar-refractivity contribution < 1.29 is 4.74 Å². The molecular weight excluding hydrogens is 248 g/mol. The van der Waals surface area contributed by atoms with E-state index in [0.717, 1.165) is 32.7 Å². The van der Waals surface area contributed by atoms with Gasteiger partial charge in [0.25, 0.3) is 0 Å². The van der Waals surface area contributed by atoms with Crippen LogP contribution < -0.4 is 5.32 Å². The van der Waals surface area contributed by atoms with Gasteiger partial charge in [-0.15, -0.1) is 0 Å². The highest BCUT2D eigenvalue weighted by molar-refractivity contribution is 5.37. The standard InChI is InChI=1S/C17H28N2O/c1-17(2)13-14-7-5-6-8-15(14)16(17)18-9-11-20-12-10-19(3)4/h5-8,16,18H,9-13H2,1-4H3. The van der Waals surface area contributed by atoms with Crippen LogP contribution in [0.2, 0.25) is 0 Å². The van der Waals surface area contributed by atoms with Gasteiger partial charge in [0, 0.05) is 19.1 Å². The molecule has 3 nitrogen and oxygen atoms in total. The van der Waals surface area contributed by atoms with Gasteiger partial charge in [0.2, 0.25) is 0 Å². The SMILES string of the molecule is CN(C)CCOCCNC1c2ccccc2CC1(C)C. The molecule has 1 aliphatic rings. The topological polar surface area (TPSA) is 24.5 Å². The lowest BCUT2D eigenvalue weighted by molar-refractivity contribution is 0.113. The van der Waals surface area contributed by atoms with Gasteiger partial charge in [0.15, 0.2) is 0 Å². The summed E-state index contributed by atoms with van der Waals surface area (Å²) in [5, 5.41) is 3.68. The van der Waals surface area contributed by atoms with Crippen LogP contribution in [-0.4, -0.2) is 45.3 Å². The van der Waals surface area contributed by atoms with E-state index in [2.05, 4.69) is 62.4 Å². The average molecular weight is 276 g/mol. The van der Waals surface area contributed by atoms with Gasteiger partial charge in [-0.25, -0.2) is 0 Å². The molecule has 0 aromatic heterocycles. The van der Waals surface area contributed by atoms with E-state index in [0.29, 0.717) is 6.04 Å². The van der Waals surface area contributed by atoms with Crippen molar-refractivity contribution in [2.24, 2.45) is 5.41 Å². The number of nitrogens with one attached hydrogen (secondary N) is 1. The van der Waals surface area contributed by atoms with Crippen molar-refractivity contribution in [3.8, 4) is 0 Å². The van der Waals surface area contributed by atoms with Crippen LogP contribution in [0.1, 0.15) is 31.0 Å². The summed E-state index contributed by atoms with van der Waals surface area (Å²) in [6.45, 7) is 8.17. The van der Waals surface area contributed by atoms with E-state index in [1.807, 2.05) is 0 Å². The fraction of sp³-hybridized carbons (Fsp3) is 0.647. The molecule has 0 saturated carbocycles. The number of benzene rings is 1. The van der Waals surface area contributed by atoms with Gasteiger partial charge >= 0.3 is 0 Å². The van der Waals surface area contributed by atoms with E-state index in [1.54, 1.807) is 0 Å². The fourth-order valence-electron chi connectivity index (χ4n) is 3.00. The van der Waals surface area contributed by atoms with Crippen LogP contribution >= 0.6 is 0 Å². The molecule has 1 aromatic rings. The average Bonchev–Trinajstić information content (AvgIpc) is 2.63. The molecule has 0 radical (unpaired) electrons. The van der Waals surface area contributed by atoms with Crippen LogP contribution in [0, 0.1) is 5.41 Å². The molecule has 0 spiro atoms.